The van der Waals surface area contributed by atoms with E-state index in [0.717, 1.165) is 46.0 Å². The lowest BCUT2D eigenvalue weighted by Crippen LogP contribution is -2.31. The van der Waals surface area contributed by atoms with E-state index in [1.165, 1.54) is 18.4 Å². The quantitative estimate of drug-likeness (QED) is 0.460. The monoisotopic (exact) mass is 435 g/mol. The number of aromatic hydroxyl groups is 1. The smallest absolute Gasteiger partial charge is 0.348 e. The number of methoxy groups -OCH3 is 1. The average molecular weight is 436 g/mol. The highest BCUT2D eigenvalue weighted by Crippen LogP contribution is 2.30. The molecule has 0 saturated carbocycles. The summed E-state index contributed by atoms with van der Waals surface area (Å²) in [7, 11) is 1.39. The van der Waals surface area contributed by atoms with Crippen molar-refractivity contribution in [1.29, 1.82) is 0 Å². The lowest BCUT2D eigenvalue weighted by atomic mass is 10.1. The fourth-order valence-electron chi connectivity index (χ4n) is 3.69. The van der Waals surface area contributed by atoms with E-state index in [0.29, 0.717) is 17.8 Å². The lowest BCUT2D eigenvalue weighted by molar-refractivity contribution is -0.0589. The van der Waals surface area contributed by atoms with Crippen molar-refractivity contribution < 1.29 is 19.4 Å². The summed E-state index contributed by atoms with van der Waals surface area (Å²) in [4.78, 5) is 22.3. The van der Waals surface area contributed by atoms with Gasteiger partial charge in [-0.3, -0.25) is 0 Å². The number of esters is 1. The topological polar surface area (TPSA) is 86.5 Å². The highest BCUT2D eigenvalue weighted by Gasteiger charge is 2.24. The van der Waals surface area contributed by atoms with E-state index >= 15 is 0 Å². The molecule has 8 heteroatoms. The van der Waals surface area contributed by atoms with Gasteiger partial charge >= 0.3 is 5.97 Å². The van der Waals surface area contributed by atoms with Crippen LogP contribution in [0.5, 0.6) is 5.88 Å². The molecule has 3 aromatic heterocycles. The Kier molecular flexibility index (Phi) is 5.17. The summed E-state index contributed by atoms with van der Waals surface area (Å²) in [5.74, 6) is 0.608. The van der Waals surface area contributed by atoms with Gasteiger partial charge in [0.1, 0.15) is 15.5 Å². The van der Waals surface area contributed by atoms with Gasteiger partial charge in [0.05, 0.1) is 31.0 Å². The van der Waals surface area contributed by atoms with Crippen molar-refractivity contribution >= 4 is 27.7 Å². The number of rotatable bonds is 6. The number of fused-ring (bicyclic) bond motifs is 1. The van der Waals surface area contributed by atoms with Gasteiger partial charge in [0.2, 0.25) is 5.88 Å². The van der Waals surface area contributed by atoms with Gasteiger partial charge in [-0.2, -0.15) is 0 Å². The zero-order valence-electron chi connectivity index (χ0n) is 16.9. The van der Waals surface area contributed by atoms with Crippen molar-refractivity contribution in [3.8, 4) is 17.1 Å². The molecule has 0 amide bonds. The molecule has 7 nitrogen and oxygen atoms in total. The minimum atomic E-state index is -0.341. The molecule has 0 spiro atoms. The second kappa shape index (κ2) is 8.13. The molecule has 1 saturated heterocycles. The van der Waals surface area contributed by atoms with E-state index in [1.807, 2.05) is 36.4 Å². The van der Waals surface area contributed by atoms with Gasteiger partial charge in [0.25, 0.3) is 0 Å². The maximum atomic E-state index is 11.9. The summed E-state index contributed by atoms with van der Waals surface area (Å²) in [5.41, 5.74) is 3.72. The van der Waals surface area contributed by atoms with Gasteiger partial charge in [-0.05, 0) is 24.1 Å². The first-order chi connectivity index (χ1) is 15.1. The second-order valence-corrected chi connectivity index (χ2v) is 8.50. The maximum Gasteiger partial charge on any atom is 0.348 e. The molecule has 1 atom stereocenters. The van der Waals surface area contributed by atoms with Crippen LogP contribution in [0.3, 0.4) is 0 Å². The second-order valence-electron chi connectivity index (χ2n) is 7.47. The molecule has 1 N–H and O–H groups in total. The third kappa shape index (κ3) is 3.92. The third-order valence-electron chi connectivity index (χ3n) is 5.44. The fraction of sp³-hybridized carbons (Fsp3) is 0.261. The van der Waals surface area contributed by atoms with Crippen LogP contribution in [0.15, 0.2) is 48.5 Å². The molecule has 4 heterocycles. The number of ether oxygens (including phenoxy) is 2. The fourth-order valence-corrected chi connectivity index (χ4v) is 4.66. The van der Waals surface area contributed by atoms with Crippen LogP contribution in [0.4, 0.5) is 0 Å². The Morgan fingerprint density at radius 1 is 1.26 bits per heavy atom. The van der Waals surface area contributed by atoms with E-state index in [4.69, 9.17) is 14.5 Å². The van der Waals surface area contributed by atoms with Gasteiger partial charge in [0.15, 0.2) is 0 Å². The summed E-state index contributed by atoms with van der Waals surface area (Å²) in [6.07, 6.45) is 1.87. The van der Waals surface area contributed by atoms with Crippen molar-refractivity contribution in [1.82, 2.24) is 14.5 Å². The summed E-state index contributed by atoms with van der Waals surface area (Å²) < 4.78 is 12.7. The predicted molar refractivity (Wildman–Crippen MR) is 117 cm³/mol. The standard InChI is InChI=1S/C23H21N3O4S/c1-29-23(28)19-12-18-22(31-19)25-20(26(18)13-16-9-10-30-16)11-14-5-7-15(8-6-14)17-3-2-4-21(27)24-17/h2-8,12,16H,9-11,13H2,1H3,(H,24,27)/t16-/m0/s1. The highest BCUT2D eigenvalue weighted by atomic mass is 32.1. The number of pyridine rings is 1. The zero-order valence-corrected chi connectivity index (χ0v) is 17.8. The molecule has 1 fully saturated rings. The number of thiophene rings is 1. The number of benzene rings is 1. The van der Waals surface area contributed by atoms with Crippen molar-refractivity contribution in [3.05, 3.63) is 64.8 Å². The SMILES string of the molecule is COC(=O)c1cc2c(nc(Cc3ccc(-c4cccc(O)n4)cc3)n2C[C@@H]2CCO2)s1. The van der Waals surface area contributed by atoms with Crippen LogP contribution in [0.2, 0.25) is 0 Å². The maximum absolute atomic E-state index is 11.9. The molecule has 158 valence electrons. The predicted octanol–water partition coefficient (Wildman–Crippen LogP) is 4.03. The molecule has 1 aliphatic rings. The normalized spacial score (nSPS) is 15.7. The van der Waals surface area contributed by atoms with Gasteiger partial charge in [0, 0.05) is 24.7 Å². The molecule has 0 unspecified atom stereocenters. The highest BCUT2D eigenvalue weighted by molar-refractivity contribution is 7.20. The molecule has 0 aliphatic carbocycles. The van der Waals surface area contributed by atoms with E-state index < -0.39 is 0 Å². The number of aromatic nitrogens is 3. The van der Waals surface area contributed by atoms with Gasteiger partial charge < -0.3 is 19.1 Å². The van der Waals surface area contributed by atoms with Crippen LogP contribution in [0.25, 0.3) is 21.6 Å². The Balaban J connectivity index is 1.44. The number of hydrogen-bond acceptors (Lipinski definition) is 7. The number of nitrogens with zero attached hydrogens (tertiary/aromatic N) is 3. The van der Waals surface area contributed by atoms with Gasteiger partial charge in [-0.15, -0.1) is 11.3 Å². The summed E-state index contributed by atoms with van der Waals surface area (Å²) in [6.45, 7) is 1.51. The van der Waals surface area contributed by atoms with Gasteiger partial charge in [-0.25, -0.2) is 14.8 Å². The molecule has 4 aromatic rings. The van der Waals surface area contributed by atoms with Crippen LogP contribution >= 0.6 is 11.3 Å². The molecular formula is C23H21N3O4S. The minimum absolute atomic E-state index is 0.00760. The molecule has 0 bridgehead atoms. The van der Waals surface area contributed by atoms with Crippen molar-refractivity contribution in [3.63, 3.8) is 0 Å². The molecule has 31 heavy (non-hydrogen) atoms. The van der Waals surface area contributed by atoms with E-state index in [9.17, 15) is 9.90 Å². The third-order valence-corrected chi connectivity index (χ3v) is 6.44. The molecular weight excluding hydrogens is 414 g/mol. The number of carbonyl (C=O) groups is 1. The largest absolute Gasteiger partial charge is 0.493 e. The van der Waals surface area contributed by atoms with Crippen LogP contribution in [-0.2, 0) is 22.4 Å². The number of imidazole rings is 1. The molecule has 1 aliphatic heterocycles. The van der Waals surface area contributed by atoms with Crippen molar-refractivity contribution in [2.24, 2.45) is 0 Å². The van der Waals surface area contributed by atoms with Crippen molar-refractivity contribution in [2.75, 3.05) is 13.7 Å². The lowest BCUT2D eigenvalue weighted by Gasteiger charge is -2.27. The summed E-state index contributed by atoms with van der Waals surface area (Å²) in [5, 5.41) is 9.61. The Morgan fingerprint density at radius 2 is 2.06 bits per heavy atom. The van der Waals surface area contributed by atoms with Crippen LogP contribution in [-0.4, -0.2) is 45.4 Å². The Hall–Kier alpha value is -3.23. The van der Waals surface area contributed by atoms with E-state index in [1.54, 1.807) is 12.1 Å². The van der Waals surface area contributed by atoms with Crippen LogP contribution in [0, 0.1) is 0 Å². The van der Waals surface area contributed by atoms with E-state index in [-0.39, 0.29) is 18.0 Å². The van der Waals surface area contributed by atoms with Gasteiger partial charge in [-0.1, -0.05) is 30.3 Å². The molecule has 5 rings (SSSR count). The first-order valence-corrected chi connectivity index (χ1v) is 10.9. The Bertz CT molecular complexity index is 1240. The Morgan fingerprint density at radius 3 is 2.74 bits per heavy atom. The van der Waals surface area contributed by atoms with E-state index in [2.05, 4.69) is 9.55 Å². The molecule has 0 radical (unpaired) electrons. The van der Waals surface area contributed by atoms with Crippen LogP contribution in [0.1, 0.15) is 27.5 Å². The summed E-state index contributed by atoms with van der Waals surface area (Å²) >= 11 is 1.35. The first kappa shape index (κ1) is 19.7. The first-order valence-electron chi connectivity index (χ1n) is 10.0. The van der Waals surface area contributed by atoms with Crippen molar-refractivity contribution in [2.45, 2.75) is 25.5 Å². The number of carbonyl (C=O) groups excluding carboxylic acids is 1. The average Bonchev–Trinajstić information content (AvgIpc) is 3.29. The number of hydrogen-bond donors (Lipinski definition) is 1. The zero-order chi connectivity index (χ0) is 21.4. The van der Waals surface area contributed by atoms with Crippen LogP contribution < -0.4 is 0 Å². The molecule has 1 aromatic carbocycles. The summed E-state index contributed by atoms with van der Waals surface area (Å²) in [6, 6.07) is 15.2. The Labute approximate surface area is 182 Å². The minimum Gasteiger partial charge on any atom is -0.493 e.